The summed E-state index contributed by atoms with van der Waals surface area (Å²) in [5, 5.41) is 0. The number of nitrogens with zero attached hydrogens (tertiary/aromatic N) is 2. The van der Waals surface area contributed by atoms with Crippen LogP contribution >= 0.6 is 11.8 Å². The zero-order valence-electron chi connectivity index (χ0n) is 22.3. The van der Waals surface area contributed by atoms with Crippen molar-refractivity contribution in [3.8, 4) is 0 Å². The maximum absolute atomic E-state index is 12.9. The fourth-order valence-corrected chi connectivity index (χ4v) is 6.76. The van der Waals surface area contributed by atoms with Gasteiger partial charge in [-0.05, 0) is 97.6 Å². The third-order valence-corrected chi connectivity index (χ3v) is 9.59. The number of halogens is 3. The molecular formula is C30H33F3N2O3S2. The molecule has 10 heteroatoms. The standard InChI is InChI=1S/C30H33F3N2O3S2/c1-34(18-15-23-16-19-35(20-17-23)21-24-5-3-2-4-6-24)29(36)26-9-13-28(14-10-26)40(37,38)22-25-7-11-27(12-8-25)39-30(31,32)33/h2-14,23H,15-22H2,1H3. The second kappa shape index (κ2) is 13.2. The molecule has 3 aromatic carbocycles. The minimum absolute atomic E-state index is 0.00542. The quantitative estimate of drug-likeness (QED) is 0.248. The van der Waals surface area contributed by atoms with Crippen molar-refractivity contribution < 1.29 is 26.4 Å². The molecule has 0 atom stereocenters. The van der Waals surface area contributed by atoms with Crippen LogP contribution in [0.25, 0.3) is 0 Å². The number of thioether (sulfide) groups is 1. The number of amides is 1. The lowest BCUT2D eigenvalue weighted by atomic mass is 9.93. The van der Waals surface area contributed by atoms with E-state index in [1.807, 2.05) is 6.07 Å². The topological polar surface area (TPSA) is 57.7 Å². The molecule has 1 saturated heterocycles. The van der Waals surface area contributed by atoms with Crippen molar-refractivity contribution in [3.05, 3.63) is 95.6 Å². The summed E-state index contributed by atoms with van der Waals surface area (Å²) in [6.45, 7) is 3.68. The Hall–Kier alpha value is -2.82. The highest BCUT2D eigenvalue weighted by atomic mass is 32.2. The van der Waals surface area contributed by atoms with Gasteiger partial charge in [0.05, 0.1) is 10.6 Å². The first-order valence-electron chi connectivity index (χ1n) is 13.2. The summed E-state index contributed by atoms with van der Waals surface area (Å²) in [6, 6.07) is 21.6. The number of rotatable bonds is 10. The van der Waals surface area contributed by atoms with Crippen molar-refractivity contribution in [3.63, 3.8) is 0 Å². The Morgan fingerprint density at radius 3 is 2.15 bits per heavy atom. The Kier molecular flexibility index (Phi) is 9.97. The smallest absolute Gasteiger partial charge is 0.342 e. The number of hydrogen-bond donors (Lipinski definition) is 0. The summed E-state index contributed by atoms with van der Waals surface area (Å²) in [6.07, 6.45) is 3.13. The molecule has 0 unspecified atom stereocenters. The van der Waals surface area contributed by atoms with Crippen molar-refractivity contribution in [1.82, 2.24) is 9.80 Å². The van der Waals surface area contributed by atoms with Crippen LogP contribution in [0.2, 0.25) is 0 Å². The second-order valence-electron chi connectivity index (χ2n) is 10.2. The van der Waals surface area contributed by atoms with Crippen molar-refractivity contribution in [1.29, 1.82) is 0 Å². The van der Waals surface area contributed by atoms with E-state index in [0.29, 0.717) is 23.6 Å². The maximum Gasteiger partial charge on any atom is 0.446 e. The molecule has 4 rings (SSSR count). The first kappa shape index (κ1) is 30.1. The van der Waals surface area contributed by atoms with Gasteiger partial charge in [0, 0.05) is 30.6 Å². The van der Waals surface area contributed by atoms with Gasteiger partial charge in [0.1, 0.15) is 0 Å². The van der Waals surface area contributed by atoms with Gasteiger partial charge in [-0.2, -0.15) is 13.2 Å². The molecule has 1 aliphatic heterocycles. The van der Waals surface area contributed by atoms with E-state index in [2.05, 4.69) is 29.2 Å². The van der Waals surface area contributed by atoms with Gasteiger partial charge in [0.15, 0.2) is 9.84 Å². The van der Waals surface area contributed by atoms with Crippen LogP contribution in [-0.4, -0.2) is 56.3 Å². The lowest BCUT2D eigenvalue weighted by Crippen LogP contribution is -2.35. The Morgan fingerprint density at radius 2 is 1.55 bits per heavy atom. The summed E-state index contributed by atoms with van der Waals surface area (Å²) in [5.74, 6) is 0.0561. The van der Waals surface area contributed by atoms with Crippen molar-refractivity contribution >= 4 is 27.5 Å². The van der Waals surface area contributed by atoms with Gasteiger partial charge in [-0.3, -0.25) is 9.69 Å². The number of hydrogen-bond acceptors (Lipinski definition) is 5. The molecule has 0 aromatic heterocycles. The van der Waals surface area contributed by atoms with Gasteiger partial charge in [-0.1, -0.05) is 42.5 Å². The number of carbonyl (C=O) groups is 1. The van der Waals surface area contributed by atoms with Crippen LogP contribution in [0.5, 0.6) is 0 Å². The van der Waals surface area contributed by atoms with Crippen LogP contribution in [0, 0.1) is 5.92 Å². The van der Waals surface area contributed by atoms with Crippen LogP contribution in [0.1, 0.15) is 40.7 Å². The van der Waals surface area contributed by atoms with E-state index < -0.39 is 15.3 Å². The van der Waals surface area contributed by atoms with Crippen LogP contribution in [-0.2, 0) is 22.1 Å². The number of benzene rings is 3. The zero-order valence-corrected chi connectivity index (χ0v) is 23.9. The van der Waals surface area contributed by atoms with E-state index >= 15 is 0 Å². The number of carbonyl (C=O) groups excluding carboxylic acids is 1. The van der Waals surface area contributed by atoms with Gasteiger partial charge >= 0.3 is 5.51 Å². The number of likely N-dealkylation sites (tertiary alicyclic amines) is 1. The fourth-order valence-electron chi connectivity index (χ4n) is 4.87. The first-order chi connectivity index (χ1) is 19.0. The first-order valence-corrected chi connectivity index (χ1v) is 15.6. The molecule has 0 bridgehead atoms. The SMILES string of the molecule is CN(CCC1CCN(Cc2ccccc2)CC1)C(=O)c1ccc(S(=O)(=O)Cc2ccc(SC(F)(F)F)cc2)cc1. The van der Waals surface area contributed by atoms with Crippen LogP contribution in [0.15, 0.2) is 88.7 Å². The van der Waals surface area contributed by atoms with Crippen LogP contribution < -0.4 is 0 Å². The molecule has 1 amide bonds. The molecule has 0 radical (unpaired) electrons. The molecule has 0 saturated carbocycles. The Morgan fingerprint density at radius 1 is 0.925 bits per heavy atom. The molecule has 1 heterocycles. The average molecular weight is 591 g/mol. The Labute approximate surface area is 238 Å². The van der Waals surface area contributed by atoms with Crippen molar-refractivity contribution in [2.45, 2.75) is 46.9 Å². The van der Waals surface area contributed by atoms with E-state index in [1.54, 1.807) is 11.9 Å². The van der Waals surface area contributed by atoms with E-state index in [0.717, 1.165) is 38.9 Å². The molecule has 214 valence electrons. The molecular weight excluding hydrogens is 557 g/mol. The highest BCUT2D eigenvalue weighted by Gasteiger charge is 2.29. The Balaban J connectivity index is 1.25. The van der Waals surface area contributed by atoms with Gasteiger partial charge < -0.3 is 4.90 Å². The zero-order chi connectivity index (χ0) is 28.8. The molecule has 0 N–H and O–H groups in total. The Bertz CT molecular complexity index is 1360. The van der Waals surface area contributed by atoms with Crippen LogP contribution in [0.4, 0.5) is 13.2 Å². The minimum atomic E-state index is -4.40. The van der Waals surface area contributed by atoms with Crippen molar-refractivity contribution in [2.24, 2.45) is 5.92 Å². The van der Waals surface area contributed by atoms with Crippen molar-refractivity contribution in [2.75, 3.05) is 26.7 Å². The molecule has 0 aliphatic carbocycles. The molecule has 40 heavy (non-hydrogen) atoms. The van der Waals surface area contributed by atoms with E-state index in [1.165, 1.54) is 54.1 Å². The minimum Gasteiger partial charge on any atom is -0.342 e. The fraction of sp³-hybridized carbons (Fsp3) is 0.367. The number of sulfone groups is 1. The van der Waals surface area contributed by atoms with Crippen LogP contribution in [0.3, 0.4) is 0 Å². The summed E-state index contributed by atoms with van der Waals surface area (Å²) in [4.78, 5) is 17.1. The third kappa shape index (κ3) is 8.84. The predicted octanol–water partition coefficient (Wildman–Crippen LogP) is 6.65. The highest BCUT2D eigenvalue weighted by molar-refractivity contribution is 8.00. The number of alkyl halides is 3. The number of piperidine rings is 1. The molecule has 3 aromatic rings. The molecule has 1 fully saturated rings. The van der Waals surface area contributed by atoms with Gasteiger partial charge in [-0.25, -0.2) is 8.42 Å². The lowest BCUT2D eigenvalue weighted by molar-refractivity contribution is -0.0328. The summed E-state index contributed by atoms with van der Waals surface area (Å²) >= 11 is -0.245. The van der Waals surface area contributed by atoms with E-state index in [9.17, 15) is 26.4 Å². The second-order valence-corrected chi connectivity index (χ2v) is 13.3. The summed E-state index contributed by atoms with van der Waals surface area (Å²) < 4.78 is 63.2. The van der Waals surface area contributed by atoms with Gasteiger partial charge in [0.2, 0.25) is 0 Å². The summed E-state index contributed by atoms with van der Waals surface area (Å²) in [7, 11) is -1.97. The largest absolute Gasteiger partial charge is 0.446 e. The predicted molar refractivity (Wildman–Crippen MR) is 152 cm³/mol. The van der Waals surface area contributed by atoms with E-state index in [4.69, 9.17) is 0 Å². The molecule has 1 aliphatic rings. The monoisotopic (exact) mass is 590 g/mol. The summed E-state index contributed by atoms with van der Waals surface area (Å²) in [5.41, 5.74) is -2.28. The maximum atomic E-state index is 12.9. The van der Waals surface area contributed by atoms with E-state index in [-0.39, 0.29) is 33.2 Å². The van der Waals surface area contributed by atoms with Gasteiger partial charge in [0.25, 0.3) is 5.91 Å². The highest BCUT2D eigenvalue weighted by Crippen LogP contribution is 2.37. The average Bonchev–Trinajstić information content (AvgIpc) is 2.93. The third-order valence-electron chi connectivity index (χ3n) is 7.15. The molecule has 0 spiro atoms. The lowest BCUT2D eigenvalue weighted by Gasteiger charge is -2.32. The molecule has 5 nitrogen and oxygen atoms in total. The normalized spacial score (nSPS) is 15.2. The van der Waals surface area contributed by atoms with Gasteiger partial charge in [-0.15, -0.1) is 0 Å².